The van der Waals surface area contributed by atoms with Gasteiger partial charge in [0.15, 0.2) is 5.96 Å². The van der Waals surface area contributed by atoms with Gasteiger partial charge in [-0.15, -0.1) is 24.0 Å². The molecular formula is C25H39IN4O2. The van der Waals surface area contributed by atoms with Gasteiger partial charge in [0.1, 0.15) is 11.5 Å². The lowest BCUT2D eigenvalue weighted by atomic mass is 10.1. The number of methoxy groups -OCH3 is 1. The topological polar surface area (TPSA) is 53.2 Å². The molecular weight excluding hydrogens is 515 g/mol. The van der Waals surface area contributed by atoms with Crippen molar-refractivity contribution in [3.05, 3.63) is 54.0 Å². The number of hydrogen-bond acceptors (Lipinski definition) is 4. The Balaban J connectivity index is 0.00000363. The first-order valence-electron chi connectivity index (χ1n) is 11.6. The molecule has 1 aromatic carbocycles. The molecule has 1 N–H and O–H groups in total. The standard InChI is InChI=1S/C25H38N4O2.HI/c1-4-28(5-2)19-22-14-17-29(20-22)25(27-16-13-24-7-6-18-31-24)26-15-12-21-8-10-23(30-3)11-9-21;/h6-11,18,22H,4-5,12-17,19-20H2,1-3H3,(H,26,27);1H. The van der Waals surface area contributed by atoms with Crippen LogP contribution < -0.4 is 10.1 Å². The molecule has 0 aliphatic carbocycles. The molecule has 0 saturated carbocycles. The molecule has 1 aliphatic rings. The number of furan rings is 1. The summed E-state index contributed by atoms with van der Waals surface area (Å²) in [4.78, 5) is 9.89. The minimum Gasteiger partial charge on any atom is -0.497 e. The van der Waals surface area contributed by atoms with E-state index in [9.17, 15) is 0 Å². The number of nitrogens with zero attached hydrogens (tertiary/aromatic N) is 3. The fourth-order valence-electron chi connectivity index (χ4n) is 4.13. The van der Waals surface area contributed by atoms with E-state index in [1.54, 1.807) is 13.4 Å². The van der Waals surface area contributed by atoms with Gasteiger partial charge in [0.25, 0.3) is 0 Å². The predicted octanol–water partition coefficient (Wildman–Crippen LogP) is 4.30. The van der Waals surface area contributed by atoms with Crippen molar-refractivity contribution in [1.82, 2.24) is 15.1 Å². The van der Waals surface area contributed by atoms with Crippen molar-refractivity contribution in [1.29, 1.82) is 0 Å². The van der Waals surface area contributed by atoms with E-state index in [1.165, 1.54) is 18.5 Å². The highest BCUT2D eigenvalue weighted by atomic mass is 127. The van der Waals surface area contributed by atoms with Crippen LogP contribution in [0, 0.1) is 5.92 Å². The van der Waals surface area contributed by atoms with E-state index in [2.05, 4.69) is 41.1 Å². The molecule has 0 bridgehead atoms. The fraction of sp³-hybridized carbons (Fsp3) is 0.560. The van der Waals surface area contributed by atoms with Gasteiger partial charge in [-0.2, -0.15) is 0 Å². The molecule has 6 nitrogen and oxygen atoms in total. The molecule has 2 aromatic rings. The minimum absolute atomic E-state index is 0. The summed E-state index contributed by atoms with van der Waals surface area (Å²) in [5, 5.41) is 3.62. The maximum absolute atomic E-state index is 5.47. The summed E-state index contributed by atoms with van der Waals surface area (Å²) in [6.07, 6.45) is 4.74. The van der Waals surface area contributed by atoms with Crippen molar-refractivity contribution in [2.75, 3.05) is 52.9 Å². The van der Waals surface area contributed by atoms with E-state index in [0.717, 1.165) is 69.6 Å². The van der Waals surface area contributed by atoms with Crippen molar-refractivity contribution >= 4 is 29.9 Å². The second-order valence-electron chi connectivity index (χ2n) is 8.15. The number of rotatable bonds is 11. The summed E-state index contributed by atoms with van der Waals surface area (Å²) >= 11 is 0. The van der Waals surface area contributed by atoms with E-state index >= 15 is 0 Å². The molecule has 2 heterocycles. The van der Waals surface area contributed by atoms with Crippen molar-refractivity contribution in [2.24, 2.45) is 10.9 Å². The Morgan fingerprint density at radius 2 is 1.97 bits per heavy atom. The molecule has 1 aliphatic heterocycles. The first-order valence-corrected chi connectivity index (χ1v) is 11.6. The van der Waals surface area contributed by atoms with Crippen molar-refractivity contribution in [3.8, 4) is 5.75 Å². The van der Waals surface area contributed by atoms with E-state index < -0.39 is 0 Å². The minimum atomic E-state index is 0. The van der Waals surface area contributed by atoms with Crippen LogP contribution in [0.4, 0.5) is 0 Å². The van der Waals surface area contributed by atoms with Crippen molar-refractivity contribution in [2.45, 2.75) is 33.1 Å². The predicted molar refractivity (Wildman–Crippen MR) is 142 cm³/mol. The fourth-order valence-corrected chi connectivity index (χ4v) is 4.13. The highest BCUT2D eigenvalue weighted by Crippen LogP contribution is 2.18. The zero-order valence-electron chi connectivity index (χ0n) is 19.8. The third kappa shape index (κ3) is 8.31. The number of benzene rings is 1. The summed E-state index contributed by atoms with van der Waals surface area (Å²) in [5.74, 6) is 3.62. The van der Waals surface area contributed by atoms with E-state index in [-0.39, 0.29) is 24.0 Å². The number of guanidine groups is 1. The highest BCUT2D eigenvalue weighted by molar-refractivity contribution is 14.0. The van der Waals surface area contributed by atoms with Gasteiger partial charge in [-0.05, 0) is 61.7 Å². The Hall–Kier alpha value is -1.74. The van der Waals surface area contributed by atoms with Crippen LogP contribution in [0.25, 0.3) is 0 Å². The van der Waals surface area contributed by atoms with Crippen LogP contribution in [0.1, 0.15) is 31.6 Å². The Labute approximate surface area is 210 Å². The summed E-state index contributed by atoms with van der Waals surface area (Å²) in [6, 6.07) is 12.2. The molecule has 32 heavy (non-hydrogen) atoms. The van der Waals surface area contributed by atoms with Gasteiger partial charge in [0.2, 0.25) is 0 Å². The van der Waals surface area contributed by atoms with Gasteiger partial charge < -0.3 is 24.3 Å². The van der Waals surface area contributed by atoms with Crippen molar-refractivity contribution in [3.63, 3.8) is 0 Å². The third-order valence-electron chi connectivity index (χ3n) is 6.05. The second-order valence-corrected chi connectivity index (χ2v) is 8.15. The summed E-state index contributed by atoms with van der Waals surface area (Å²) < 4.78 is 10.7. The van der Waals surface area contributed by atoms with Crippen LogP contribution in [0.3, 0.4) is 0 Å². The molecule has 1 atom stereocenters. The molecule has 7 heteroatoms. The highest BCUT2D eigenvalue weighted by Gasteiger charge is 2.26. The smallest absolute Gasteiger partial charge is 0.193 e. The van der Waals surface area contributed by atoms with Crippen LogP contribution in [0.15, 0.2) is 52.1 Å². The monoisotopic (exact) mass is 554 g/mol. The summed E-state index contributed by atoms with van der Waals surface area (Å²) in [6.45, 7) is 11.7. The molecule has 1 unspecified atom stereocenters. The van der Waals surface area contributed by atoms with Crippen LogP contribution in [0.5, 0.6) is 5.75 Å². The lowest BCUT2D eigenvalue weighted by Gasteiger charge is -2.24. The lowest BCUT2D eigenvalue weighted by Crippen LogP contribution is -2.42. The van der Waals surface area contributed by atoms with E-state index in [1.807, 2.05) is 24.3 Å². The summed E-state index contributed by atoms with van der Waals surface area (Å²) in [7, 11) is 1.70. The van der Waals surface area contributed by atoms with Crippen LogP contribution in [-0.4, -0.2) is 68.7 Å². The zero-order chi connectivity index (χ0) is 21.9. The van der Waals surface area contributed by atoms with Crippen LogP contribution in [0.2, 0.25) is 0 Å². The number of ether oxygens (including phenoxy) is 1. The van der Waals surface area contributed by atoms with Gasteiger partial charge >= 0.3 is 0 Å². The molecule has 1 saturated heterocycles. The quantitative estimate of drug-likeness (QED) is 0.255. The molecule has 1 aromatic heterocycles. The van der Waals surface area contributed by atoms with Gasteiger partial charge in [0, 0.05) is 39.1 Å². The lowest BCUT2D eigenvalue weighted by molar-refractivity contribution is 0.255. The molecule has 0 amide bonds. The maximum atomic E-state index is 5.47. The normalized spacial score (nSPS) is 16.3. The Bertz CT molecular complexity index is 776. The maximum Gasteiger partial charge on any atom is 0.193 e. The third-order valence-corrected chi connectivity index (χ3v) is 6.05. The van der Waals surface area contributed by atoms with E-state index in [0.29, 0.717) is 5.92 Å². The first kappa shape index (κ1) is 26.5. The number of halogens is 1. The first-order chi connectivity index (χ1) is 15.2. The molecule has 178 valence electrons. The molecule has 3 rings (SSSR count). The van der Waals surface area contributed by atoms with Crippen LogP contribution in [-0.2, 0) is 12.8 Å². The number of hydrogen-bond donors (Lipinski definition) is 1. The SMILES string of the molecule is CCN(CC)CC1CCN(C(=NCCc2ccco2)NCCc2ccc(OC)cc2)C1.I. The average Bonchev–Trinajstić information content (AvgIpc) is 3.49. The Kier molecular flexibility index (Phi) is 11.9. The molecule has 0 radical (unpaired) electrons. The largest absolute Gasteiger partial charge is 0.497 e. The Morgan fingerprint density at radius 1 is 1.19 bits per heavy atom. The number of nitrogens with one attached hydrogen (secondary N) is 1. The average molecular weight is 555 g/mol. The van der Waals surface area contributed by atoms with Gasteiger partial charge in [-0.3, -0.25) is 4.99 Å². The summed E-state index contributed by atoms with van der Waals surface area (Å²) in [5.41, 5.74) is 1.30. The second kappa shape index (κ2) is 14.4. The van der Waals surface area contributed by atoms with Crippen molar-refractivity contribution < 1.29 is 9.15 Å². The number of aliphatic imine (C=N–C) groups is 1. The van der Waals surface area contributed by atoms with Gasteiger partial charge in [-0.1, -0.05) is 26.0 Å². The van der Waals surface area contributed by atoms with E-state index in [4.69, 9.17) is 14.1 Å². The van der Waals surface area contributed by atoms with Crippen LogP contribution >= 0.6 is 24.0 Å². The molecule has 1 fully saturated rings. The van der Waals surface area contributed by atoms with Gasteiger partial charge in [0.05, 0.1) is 13.4 Å². The zero-order valence-corrected chi connectivity index (χ0v) is 22.1. The molecule has 0 spiro atoms. The Morgan fingerprint density at radius 3 is 2.62 bits per heavy atom. The van der Waals surface area contributed by atoms with Gasteiger partial charge in [-0.25, -0.2) is 0 Å². The number of likely N-dealkylation sites (tertiary alicyclic amines) is 1.